The van der Waals surface area contributed by atoms with Gasteiger partial charge in [0.2, 0.25) is 0 Å². The van der Waals surface area contributed by atoms with Crippen molar-refractivity contribution in [2.45, 2.75) is 27.7 Å². The molecule has 0 heterocycles. The van der Waals surface area contributed by atoms with E-state index in [1.165, 1.54) is 0 Å². The lowest BCUT2D eigenvalue weighted by Crippen LogP contribution is -2.12. The Labute approximate surface area is 91.3 Å². The monoisotopic (exact) mass is 206 g/mol. The van der Waals surface area contributed by atoms with Gasteiger partial charge in [0, 0.05) is 0 Å². The SMILES string of the molecule is Cc1cccc(C)c1C(=O)OCC(C)C. The molecular weight excluding hydrogens is 188 g/mol. The van der Waals surface area contributed by atoms with Crippen LogP contribution in [-0.4, -0.2) is 12.6 Å². The number of carbonyl (C=O) groups excluding carboxylic acids is 1. The highest BCUT2D eigenvalue weighted by Crippen LogP contribution is 2.14. The third-order valence-electron chi connectivity index (χ3n) is 2.23. The van der Waals surface area contributed by atoms with Gasteiger partial charge in [-0.15, -0.1) is 0 Å². The van der Waals surface area contributed by atoms with Crippen molar-refractivity contribution in [3.8, 4) is 0 Å². The minimum absolute atomic E-state index is 0.209. The normalized spacial score (nSPS) is 10.5. The molecular formula is C13H18O2. The van der Waals surface area contributed by atoms with Crippen molar-refractivity contribution in [2.75, 3.05) is 6.61 Å². The topological polar surface area (TPSA) is 26.3 Å². The highest BCUT2D eigenvalue weighted by molar-refractivity contribution is 5.92. The van der Waals surface area contributed by atoms with Crippen molar-refractivity contribution in [1.29, 1.82) is 0 Å². The number of ether oxygens (including phenoxy) is 1. The second-order valence-corrected chi connectivity index (χ2v) is 4.26. The molecule has 0 saturated carbocycles. The Morgan fingerprint density at radius 1 is 1.27 bits per heavy atom. The summed E-state index contributed by atoms with van der Waals surface area (Å²) in [4.78, 5) is 11.8. The smallest absolute Gasteiger partial charge is 0.338 e. The molecule has 0 spiro atoms. The number of esters is 1. The summed E-state index contributed by atoms with van der Waals surface area (Å²) in [5, 5.41) is 0. The van der Waals surface area contributed by atoms with E-state index in [4.69, 9.17) is 4.74 Å². The van der Waals surface area contributed by atoms with Crippen LogP contribution in [0.2, 0.25) is 0 Å². The summed E-state index contributed by atoms with van der Waals surface area (Å²) in [6, 6.07) is 5.81. The lowest BCUT2D eigenvalue weighted by Gasteiger charge is -2.10. The highest BCUT2D eigenvalue weighted by Gasteiger charge is 2.13. The molecule has 0 aliphatic rings. The molecule has 1 aromatic carbocycles. The summed E-state index contributed by atoms with van der Waals surface area (Å²) in [5.74, 6) is 0.164. The molecule has 0 saturated heterocycles. The fourth-order valence-corrected chi connectivity index (χ4v) is 1.45. The average Bonchev–Trinajstić information content (AvgIpc) is 2.14. The fourth-order valence-electron chi connectivity index (χ4n) is 1.45. The Morgan fingerprint density at radius 2 is 1.80 bits per heavy atom. The van der Waals surface area contributed by atoms with Gasteiger partial charge in [0.15, 0.2) is 0 Å². The average molecular weight is 206 g/mol. The Balaban J connectivity index is 2.82. The standard InChI is InChI=1S/C13H18O2/c1-9(2)8-15-13(14)12-10(3)6-5-7-11(12)4/h5-7,9H,8H2,1-4H3. The quantitative estimate of drug-likeness (QED) is 0.710. The molecule has 0 aliphatic heterocycles. The van der Waals surface area contributed by atoms with E-state index in [1.807, 2.05) is 45.9 Å². The van der Waals surface area contributed by atoms with Crippen LogP contribution in [0.5, 0.6) is 0 Å². The minimum Gasteiger partial charge on any atom is -0.462 e. The molecule has 0 aliphatic carbocycles. The predicted octanol–water partition coefficient (Wildman–Crippen LogP) is 3.12. The number of benzene rings is 1. The maximum Gasteiger partial charge on any atom is 0.338 e. The van der Waals surface area contributed by atoms with E-state index in [2.05, 4.69) is 0 Å². The van der Waals surface area contributed by atoms with Gasteiger partial charge in [-0.3, -0.25) is 0 Å². The van der Waals surface area contributed by atoms with Crippen molar-refractivity contribution in [3.05, 3.63) is 34.9 Å². The number of hydrogen-bond donors (Lipinski definition) is 0. The van der Waals surface area contributed by atoms with Gasteiger partial charge in [0.25, 0.3) is 0 Å². The van der Waals surface area contributed by atoms with E-state index < -0.39 is 0 Å². The summed E-state index contributed by atoms with van der Waals surface area (Å²) in [6.45, 7) is 8.39. The first-order valence-electron chi connectivity index (χ1n) is 5.25. The molecule has 2 heteroatoms. The molecule has 0 atom stereocenters. The van der Waals surface area contributed by atoms with Gasteiger partial charge in [-0.1, -0.05) is 32.0 Å². The van der Waals surface area contributed by atoms with E-state index in [0.29, 0.717) is 18.1 Å². The van der Waals surface area contributed by atoms with Gasteiger partial charge >= 0.3 is 5.97 Å². The number of carbonyl (C=O) groups is 1. The molecule has 0 fully saturated rings. The largest absolute Gasteiger partial charge is 0.462 e. The van der Waals surface area contributed by atoms with Gasteiger partial charge in [0.1, 0.15) is 0 Å². The third-order valence-corrected chi connectivity index (χ3v) is 2.23. The summed E-state index contributed by atoms with van der Waals surface area (Å²) in [5.41, 5.74) is 2.66. The van der Waals surface area contributed by atoms with Gasteiger partial charge < -0.3 is 4.74 Å². The molecule has 2 nitrogen and oxygen atoms in total. The first-order valence-corrected chi connectivity index (χ1v) is 5.25. The Kier molecular flexibility index (Phi) is 3.89. The number of hydrogen-bond acceptors (Lipinski definition) is 2. The molecule has 0 N–H and O–H groups in total. The van der Waals surface area contributed by atoms with Crippen molar-refractivity contribution >= 4 is 5.97 Å². The lowest BCUT2D eigenvalue weighted by molar-refractivity contribution is 0.0457. The number of aryl methyl sites for hydroxylation is 2. The van der Waals surface area contributed by atoms with E-state index in [0.717, 1.165) is 11.1 Å². The summed E-state index contributed by atoms with van der Waals surface area (Å²) in [6.07, 6.45) is 0. The molecule has 0 radical (unpaired) electrons. The van der Waals surface area contributed by atoms with E-state index in [1.54, 1.807) is 0 Å². The first-order chi connectivity index (χ1) is 7.02. The molecule has 0 amide bonds. The second-order valence-electron chi connectivity index (χ2n) is 4.26. The Morgan fingerprint density at radius 3 is 2.27 bits per heavy atom. The van der Waals surface area contributed by atoms with Gasteiger partial charge in [0.05, 0.1) is 12.2 Å². The summed E-state index contributed by atoms with van der Waals surface area (Å²) >= 11 is 0. The fraction of sp³-hybridized carbons (Fsp3) is 0.462. The summed E-state index contributed by atoms with van der Waals surface area (Å²) in [7, 11) is 0. The Bertz CT molecular complexity index is 333. The molecule has 0 aromatic heterocycles. The number of rotatable bonds is 3. The van der Waals surface area contributed by atoms with E-state index in [9.17, 15) is 4.79 Å². The molecule has 1 rings (SSSR count). The molecule has 0 unspecified atom stereocenters. The van der Waals surface area contributed by atoms with Crippen LogP contribution in [0.4, 0.5) is 0 Å². The van der Waals surface area contributed by atoms with Crippen LogP contribution in [0.15, 0.2) is 18.2 Å². The second kappa shape index (κ2) is 4.96. The molecule has 82 valence electrons. The Hall–Kier alpha value is -1.31. The van der Waals surface area contributed by atoms with E-state index >= 15 is 0 Å². The van der Waals surface area contributed by atoms with Crippen LogP contribution in [0, 0.1) is 19.8 Å². The zero-order valence-electron chi connectivity index (χ0n) is 9.83. The summed E-state index contributed by atoms with van der Waals surface area (Å²) < 4.78 is 5.21. The third kappa shape index (κ3) is 3.08. The van der Waals surface area contributed by atoms with Gasteiger partial charge in [-0.25, -0.2) is 4.79 Å². The predicted molar refractivity (Wildman–Crippen MR) is 61.0 cm³/mol. The molecule has 1 aromatic rings. The zero-order valence-corrected chi connectivity index (χ0v) is 9.83. The van der Waals surface area contributed by atoms with Crippen molar-refractivity contribution in [1.82, 2.24) is 0 Å². The van der Waals surface area contributed by atoms with Crippen molar-refractivity contribution in [2.24, 2.45) is 5.92 Å². The van der Waals surface area contributed by atoms with Crippen molar-refractivity contribution in [3.63, 3.8) is 0 Å². The van der Waals surface area contributed by atoms with Gasteiger partial charge in [-0.05, 0) is 30.9 Å². The minimum atomic E-state index is -0.209. The van der Waals surface area contributed by atoms with Gasteiger partial charge in [-0.2, -0.15) is 0 Å². The van der Waals surface area contributed by atoms with Crippen LogP contribution in [-0.2, 0) is 4.74 Å². The van der Waals surface area contributed by atoms with Crippen LogP contribution in [0.25, 0.3) is 0 Å². The van der Waals surface area contributed by atoms with Crippen molar-refractivity contribution < 1.29 is 9.53 Å². The van der Waals surface area contributed by atoms with Crippen LogP contribution in [0.3, 0.4) is 0 Å². The van der Waals surface area contributed by atoms with Crippen LogP contribution < -0.4 is 0 Å². The zero-order chi connectivity index (χ0) is 11.4. The lowest BCUT2D eigenvalue weighted by atomic mass is 10.0. The molecule has 15 heavy (non-hydrogen) atoms. The highest BCUT2D eigenvalue weighted by atomic mass is 16.5. The first kappa shape index (κ1) is 11.8. The van der Waals surface area contributed by atoms with Crippen LogP contribution >= 0.6 is 0 Å². The van der Waals surface area contributed by atoms with E-state index in [-0.39, 0.29) is 5.97 Å². The maximum atomic E-state index is 11.8. The maximum absolute atomic E-state index is 11.8. The van der Waals surface area contributed by atoms with Crippen LogP contribution in [0.1, 0.15) is 35.3 Å². The molecule has 0 bridgehead atoms.